The standard InChI is InChI=1S/C42H60O30/c1-14(43)57-11-24-31(61-17(4)46)35(64-20(7)49)28(53)40(68-24)60-10-23-27(52)34(71-41-29(54)36(65-21(8)50)32(62-18(5)47)25(69-41)12-58-15(2)44)38(39(56)67-23)72-42-30(55)37(66-22(9)51)33(63-19(6)48)26(70-42)13-59-16(3)45/h23-42,52-56H,10-13H2,1-9H3/t23-,24-,25-,26-,27+,28-,29-,30-,31-,32-,33-,34+,35-,36-,37-,38-,39-,40-,41+,42+/m1/s1. The highest BCUT2D eigenvalue weighted by Crippen LogP contribution is 2.36. The minimum Gasteiger partial charge on any atom is -0.463 e. The fourth-order valence-corrected chi connectivity index (χ4v) is 7.87. The van der Waals surface area contributed by atoms with Gasteiger partial charge in [0.25, 0.3) is 0 Å². The van der Waals surface area contributed by atoms with Crippen molar-refractivity contribution in [3.05, 3.63) is 0 Å². The van der Waals surface area contributed by atoms with E-state index in [0.717, 1.165) is 62.3 Å². The number of carbonyl (C=O) groups excluding carboxylic acids is 9. The first kappa shape index (κ1) is 59.3. The maximum absolute atomic E-state index is 12.4. The minimum absolute atomic E-state index is 0.639. The van der Waals surface area contributed by atoms with Gasteiger partial charge < -0.3 is 101 Å². The van der Waals surface area contributed by atoms with Crippen molar-refractivity contribution in [2.75, 3.05) is 26.4 Å². The third-order valence-electron chi connectivity index (χ3n) is 10.7. The molecule has 4 aliphatic heterocycles. The van der Waals surface area contributed by atoms with Gasteiger partial charge in [0, 0.05) is 62.3 Å². The van der Waals surface area contributed by atoms with E-state index < -0.39 is 203 Å². The maximum atomic E-state index is 12.4. The molecule has 72 heavy (non-hydrogen) atoms. The summed E-state index contributed by atoms with van der Waals surface area (Å²) in [5, 5.41) is 58.4. The Labute approximate surface area is 409 Å². The van der Waals surface area contributed by atoms with Crippen LogP contribution >= 0.6 is 0 Å². The predicted octanol–water partition coefficient (Wildman–Crippen LogP) is -4.61. The summed E-state index contributed by atoms with van der Waals surface area (Å²) in [4.78, 5) is 109. The first-order chi connectivity index (χ1) is 33.7. The van der Waals surface area contributed by atoms with Crippen LogP contribution in [0.15, 0.2) is 0 Å². The van der Waals surface area contributed by atoms with Crippen LogP contribution in [0.1, 0.15) is 62.3 Å². The molecule has 0 saturated carbocycles. The van der Waals surface area contributed by atoms with Gasteiger partial charge in [0.05, 0.1) is 6.61 Å². The molecule has 0 aliphatic carbocycles. The molecule has 0 unspecified atom stereocenters. The molecule has 4 rings (SSSR count). The van der Waals surface area contributed by atoms with E-state index in [-0.39, 0.29) is 0 Å². The van der Waals surface area contributed by atoms with E-state index in [0.29, 0.717) is 0 Å². The Morgan fingerprint density at radius 2 is 0.611 bits per heavy atom. The van der Waals surface area contributed by atoms with Gasteiger partial charge in [0.15, 0.2) is 61.8 Å². The lowest BCUT2D eigenvalue weighted by atomic mass is 9.95. The summed E-state index contributed by atoms with van der Waals surface area (Å²) in [7, 11) is 0. The molecule has 5 N–H and O–H groups in total. The van der Waals surface area contributed by atoms with Crippen LogP contribution in [0.5, 0.6) is 0 Å². The lowest BCUT2D eigenvalue weighted by Gasteiger charge is -2.49. The summed E-state index contributed by atoms with van der Waals surface area (Å²) in [6, 6.07) is 0. The van der Waals surface area contributed by atoms with Crippen LogP contribution < -0.4 is 0 Å². The van der Waals surface area contributed by atoms with Crippen LogP contribution in [0, 0.1) is 0 Å². The number of hydrogen-bond acceptors (Lipinski definition) is 30. The third-order valence-corrected chi connectivity index (χ3v) is 10.7. The summed E-state index contributed by atoms with van der Waals surface area (Å²) in [6.45, 7) is 5.88. The van der Waals surface area contributed by atoms with E-state index in [4.69, 9.17) is 75.8 Å². The Morgan fingerprint density at radius 3 is 0.931 bits per heavy atom. The maximum Gasteiger partial charge on any atom is 0.303 e. The minimum atomic E-state index is -2.35. The highest BCUT2D eigenvalue weighted by Gasteiger charge is 2.58. The first-order valence-corrected chi connectivity index (χ1v) is 22.1. The predicted molar refractivity (Wildman–Crippen MR) is 220 cm³/mol. The zero-order chi connectivity index (χ0) is 53.9. The number of ether oxygens (including phenoxy) is 16. The van der Waals surface area contributed by atoms with Crippen molar-refractivity contribution in [3.8, 4) is 0 Å². The molecule has 0 spiro atoms. The van der Waals surface area contributed by atoms with Gasteiger partial charge in [-0.3, -0.25) is 43.2 Å². The molecule has 0 aromatic rings. The van der Waals surface area contributed by atoms with Gasteiger partial charge in [-0.2, -0.15) is 0 Å². The Balaban J connectivity index is 1.77. The lowest BCUT2D eigenvalue weighted by molar-refractivity contribution is -0.391. The second-order valence-corrected chi connectivity index (χ2v) is 16.5. The number of rotatable bonds is 19. The van der Waals surface area contributed by atoms with E-state index in [2.05, 4.69) is 0 Å². The molecule has 4 heterocycles. The molecule has 4 fully saturated rings. The van der Waals surface area contributed by atoms with Crippen molar-refractivity contribution in [1.82, 2.24) is 0 Å². The van der Waals surface area contributed by atoms with E-state index in [1.807, 2.05) is 0 Å². The van der Waals surface area contributed by atoms with Gasteiger partial charge in [-0.15, -0.1) is 0 Å². The average Bonchev–Trinajstić information content (AvgIpc) is 3.26. The molecular formula is C42H60O30. The molecule has 4 aliphatic rings. The van der Waals surface area contributed by atoms with Crippen LogP contribution in [-0.4, -0.2) is 229 Å². The van der Waals surface area contributed by atoms with Gasteiger partial charge in [0.2, 0.25) is 0 Å². The summed E-state index contributed by atoms with van der Waals surface area (Å²) >= 11 is 0. The number of esters is 9. The van der Waals surface area contributed by atoms with E-state index >= 15 is 0 Å². The molecule has 20 atom stereocenters. The Hall–Kier alpha value is -5.25. The monoisotopic (exact) mass is 1040 g/mol. The Morgan fingerprint density at radius 1 is 0.319 bits per heavy atom. The van der Waals surface area contributed by atoms with Gasteiger partial charge >= 0.3 is 53.7 Å². The summed E-state index contributed by atoms with van der Waals surface area (Å²) in [5.74, 6) is -8.38. The van der Waals surface area contributed by atoms with Crippen molar-refractivity contribution < 1.29 is 144 Å². The van der Waals surface area contributed by atoms with Crippen LogP contribution in [0.4, 0.5) is 0 Å². The molecule has 0 bridgehead atoms. The fourth-order valence-electron chi connectivity index (χ4n) is 7.87. The molecule has 30 heteroatoms. The average molecular weight is 1040 g/mol. The molecule has 408 valence electrons. The number of hydrogen-bond donors (Lipinski definition) is 5. The highest BCUT2D eigenvalue weighted by atomic mass is 16.8. The van der Waals surface area contributed by atoms with E-state index in [1.54, 1.807) is 0 Å². The topological polar surface area (TPSA) is 402 Å². The molecule has 0 aromatic heterocycles. The van der Waals surface area contributed by atoms with Gasteiger partial charge in [-0.05, 0) is 0 Å². The highest BCUT2D eigenvalue weighted by molar-refractivity contribution is 5.69. The molecule has 0 amide bonds. The van der Waals surface area contributed by atoms with Gasteiger partial charge in [-0.1, -0.05) is 0 Å². The van der Waals surface area contributed by atoms with Crippen molar-refractivity contribution in [3.63, 3.8) is 0 Å². The van der Waals surface area contributed by atoms with Crippen LogP contribution in [0.25, 0.3) is 0 Å². The number of aliphatic hydroxyl groups excluding tert-OH is 5. The quantitative estimate of drug-likeness (QED) is 0.0600. The van der Waals surface area contributed by atoms with Crippen LogP contribution in [0.3, 0.4) is 0 Å². The number of carbonyl (C=O) groups is 9. The first-order valence-electron chi connectivity index (χ1n) is 22.1. The molecule has 0 aromatic carbocycles. The van der Waals surface area contributed by atoms with Gasteiger partial charge in [0.1, 0.15) is 80.9 Å². The zero-order valence-corrected chi connectivity index (χ0v) is 40.3. The van der Waals surface area contributed by atoms with E-state index in [9.17, 15) is 68.7 Å². The second-order valence-electron chi connectivity index (χ2n) is 16.5. The van der Waals surface area contributed by atoms with Crippen molar-refractivity contribution in [1.29, 1.82) is 0 Å². The zero-order valence-electron chi connectivity index (χ0n) is 40.3. The summed E-state index contributed by atoms with van der Waals surface area (Å²) in [6.07, 6.45) is -38.1. The third kappa shape index (κ3) is 16.4. The van der Waals surface area contributed by atoms with Gasteiger partial charge in [-0.25, -0.2) is 0 Å². The summed E-state index contributed by atoms with van der Waals surface area (Å²) in [5.41, 5.74) is 0. The molecule has 0 radical (unpaired) electrons. The Kier molecular flexibility index (Phi) is 21.9. The number of aliphatic hydroxyl groups is 5. The molecule has 4 saturated heterocycles. The smallest absolute Gasteiger partial charge is 0.303 e. The van der Waals surface area contributed by atoms with Crippen LogP contribution in [-0.2, 0) is 119 Å². The summed E-state index contributed by atoms with van der Waals surface area (Å²) < 4.78 is 88.0. The normalized spacial score (nSPS) is 36.6. The Bertz CT molecular complexity index is 1930. The van der Waals surface area contributed by atoms with E-state index in [1.165, 1.54) is 0 Å². The van der Waals surface area contributed by atoms with Crippen molar-refractivity contribution in [2.24, 2.45) is 0 Å². The molecule has 30 nitrogen and oxygen atoms in total. The second kappa shape index (κ2) is 26.6. The van der Waals surface area contributed by atoms with Crippen molar-refractivity contribution in [2.45, 2.75) is 185 Å². The SMILES string of the molecule is CC(=O)OC[C@H]1O[C@@H](OC[C@H]2O[C@@H](O)[C@H](O[C@@H]3O[C@H](COC(C)=O)[C@@H](OC(C)=O)[C@H](OC(C)=O)[C@H]3O)[C@@H](O[C@@H]3O[C@H](COC(C)=O)[C@@H](OC(C)=O)[C@H](OC(C)=O)[C@H]3O)[C@H]2O)[C@H](O)[C@@H](OC(C)=O)[C@@H]1OC(C)=O. The lowest BCUT2D eigenvalue weighted by Crippen LogP contribution is -2.68. The largest absolute Gasteiger partial charge is 0.463 e. The fraction of sp³-hybridized carbons (Fsp3) is 0.786. The molecular weight excluding hydrogens is 984 g/mol. The van der Waals surface area contributed by atoms with Crippen molar-refractivity contribution >= 4 is 53.7 Å². The van der Waals surface area contributed by atoms with Crippen LogP contribution in [0.2, 0.25) is 0 Å².